The number of nitro benzene ring substituents is 1. The number of halogens is 1. The maximum Gasteiger partial charge on any atom is 0.293 e. The Bertz CT molecular complexity index is 677. The number of nitrogens with one attached hydrogen (secondary N) is 1. The summed E-state index contributed by atoms with van der Waals surface area (Å²) in [5.74, 6) is 0.539. The van der Waals surface area contributed by atoms with Gasteiger partial charge in [0.25, 0.3) is 11.6 Å². The molecule has 0 spiro atoms. The van der Waals surface area contributed by atoms with Crippen LogP contribution in [0.25, 0.3) is 0 Å². The number of hydrogen-bond donors (Lipinski definition) is 1. The number of likely N-dealkylation sites (tertiary alicyclic amines) is 1. The minimum absolute atomic E-state index is 0. The zero-order valence-electron chi connectivity index (χ0n) is 16.0. The van der Waals surface area contributed by atoms with Crippen molar-refractivity contribution in [3.8, 4) is 0 Å². The number of benzene rings is 1. The summed E-state index contributed by atoms with van der Waals surface area (Å²) in [5.41, 5.74) is 1.07. The highest BCUT2D eigenvalue weighted by molar-refractivity contribution is 5.96. The fourth-order valence-corrected chi connectivity index (χ4v) is 3.90. The van der Waals surface area contributed by atoms with Crippen molar-refractivity contribution in [1.29, 1.82) is 0 Å². The number of nitrogens with zero attached hydrogens (tertiary/aromatic N) is 3. The SMILES string of the molecule is CNC1CCCN(C(=O)c2ccc(N3CCC(C)CC3)c([N+](=O)[O-])c2)C1.Cl. The van der Waals surface area contributed by atoms with E-state index < -0.39 is 0 Å². The van der Waals surface area contributed by atoms with E-state index in [1.165, 1.54) is 6.07 Å². The summed E-state index contributed by atoms with van der Waals surface area (Å²) >= 11 is 0. The number of likely N-dealkylation sites (N-methyl/N-ethyl adjacent to an activating group) is 1. The van der Waals surface area contributed by atoms with Crippen LogP contribution >= 0.6 is 12.4 Å². The molecule has 1 aromatic rings. The summed E-state index contributed by atoms with van der Waals surface area (Å²) in [6.07, 6.45) is 4.07. The topological polar surface area (TPSA) is 78.7 Å². The number of amides is 1. The lowest BCUT2D eigenvalue weighted by atomic mass is 9.98. The Morgan fingerprint density at radius 2 is 1.93 bits per heavy atom. The molecule has 1 aromatic carbocycles. The van der Waals surface area contributed by atoms with E-state index in [4.69, 9.17) is 0 Å². The van der Waals surface area contributed by atoms with Crippen molar-refractivity contribution < 1.29 is 9.72 Å². The zero-order valence-corrected chi connectivity index (χ0v) is 16.8. The Labute approximate surface area is 166 Å². The molecule has 2 fully saturated rings. The molecule has 3 rings (SSSR count). The van der Waals surface area contributed by atoms with E-state index in [2.05, 4.69) is 17.1 Å². The first-order chi connectivity index (χ1) is 12.5. The van der Waals surface area contributed by atoms with Crippen LogP contribution in [0.1, 0.15) is 43.0 Å². The fourth-order valence-electron chi connectivity index (χ4n) is 3.90. The van der Waals surface area contributed by atoms with Gasteiger partial charge in [-0.15, -0.1) is 12.4 Å². The molecule has 1 atom stereocenters. The van der Waals surface area contributed by atoms with Crippen molar-refractivity contribution in [2.24, 2.45) is 5.92 Å². The third-order valence-electron chi connectivity index (χ3n) is 5.66. The molecule has 7 nitrogen and oxygen atoms in total. The largest absolute Gasteiger partial charge is 0.366 e. The highest BCUT2D eigenvalue weighted by Crippen LogP contribution is 2.32. The van der Waals surface area contributed by atoms with E-state index in [1.807, 2.05) is 7.05 Å². The Kier molecular flexibility index (Phi) is 7.44. The molecule has 1 unspecified atom stereocenters. The quantitative estimate of drug-likeness (QED) is 0.625. The van der Waals surface area contributed by atoms with Gasteiger partial charge in [0, 0.05) is 43.9 Å². The van der Waals surface area contributed by atoms with Crippen molar-refractivity contribution >= 4 is 29.7 Å². The van der Waals surface area contributed by atoms with Gasteiger partial charge in [0.05, 0.1) is 4.92 Å². The van der Waals surface area contributed by atoms with Gasteiger partial charge in [-0.2, -0.15) is 0 Å². The standard InChI is InChI=1S/C19H28N4O3.ClH/c1-14-7-10-21(11-8-14)17-6-5-15(12-18(17)23(25)26)19(24)22-9-3-4-16(13-22)20-2;/h5-6,12,14,16,20H,3-4,7-11,13H2,1-2H3;1H. The fraction of sp³-hybridized carbons (Fsp3) is 0.632. The van der Waals surface area contributed by atoms with E-state index in [1.54, 1.807) is 17.0 Å². The molecule has 0 bridgehead atoms. The summed E-state index contributed by atoms with van der Waals surface area (Å²) in [7, 11) is 1.90. The first-order valence-corrected chi connectivity index (χ1v) is 9.49. The third-order valence-corrected chi connectivity index (χ3v) is 5.66. The van der Waals surface area contributed by atoms with Gasteiger partial charge >= 0.3 is 0 Å². The lowest BCUT2D eigenvalue weighted by Crippen LogP contribution is -2.47. The minimum atomic E-state index is -0.364. The summed E-state index contributed by atoms with van der Waals surface area (Å²) < 4.78 is 0. The molecule has 0 aromatic heterocycles. The summed E-state index contributed by atoms with van der Waals surface area (Å²) in [5, 5.41) is 14.8. The molecule has 0 aliphatic carbocycles. The third kappa shape index (κ3) is 4.90. The highest BCUT2D eigenvalue weighted by Gasteiger charge is 2.28. The average molecular weight is 397 g/mol. The van der Waals surface area contributed by atoms with E-state index in [0.717, 1.165) is 38.8 Å². The van der Waals surface area contributed by atoms with Gasteiger partial charge in [0.15, 0.2) is 0 Å². The van der Waals surface area contributed by atoms with Crippen molar-refractivity contribution in [1.82, 2.24) is 10.2 Å². The first kappa shape index (κ1) is 21.4. The van der Waals surface area contributed by atoms with Crippen molar-refractivity contribution in [3.63, 3.8) is 0 Å². The minimum Gasteiger partial charge on any atom is -0.366 e. The second-order valence-corrected chi connectivity index (χ2v) is 7.51. The van der Waals surface area contributed by atoms with Crippen molar-refractivity contribution in [2.75, 3.05) is 38.1 Å². The first-order valence-electron chi connectivity index (χ1n) is 9.49. The molecule has 2 aliphatic heterocycles. The number of rotatable bonds is 4. The van der Waals surface area contributed by atoms with Gasteiger partial charge < -0.3 is 15.1 Å². The zero-order chi connectivity index (χ0) is 18.7. The monoisotopic (exact) mass is 396 g/mol. The Balaban J connectivity index is 0.00000261. The number of nitro groups is 1. The summed E-state index contributed by atoms with van der Waals surface area (Å²) in [6, 6.07) is 5.24. The van der Waals surface area contributed by atoms with Gasteiger partial charge in [-0.3, -0.25) is 14.9 Å². The summed E-state index contributed by atoms with van der Waals surface area (Å²) in [6.45, 7) is 5.21. The molecule has 2 heterocycles. The van der Waals surface area contributed by atoms with Crippen molar-refractivity contribution in [3.05, 3.63) is 33.9 Å². The number of piperidine rings is 2. The van der Waals surface area contributed by atoms with Gasteiger partial charge in [-0.25, -0.2) is 0 Å². The van der Waals surface area contributed by atoms with Crippen LogP contribution in [0.3, 0.4) is 0 Å². The van der Waals surface area contributed by atoms with Crippen LogP contribution in [0.5, 0.6) is 0 Å². The number of carbonyl (C=O) groups excluding carboxylic acids is 1. The summed E-state index contributed by atoms with van der Waals surface area (Å²) in [4.78, 5) is 28.0. The Morgan fingerprint density at radius 1 is 1.22 bits per heavy atom. The average Bonchev–Trinajstić information content (AvgIpc) is 2.67. The molecule has 2 saturated heterocycles. The molecule has 8 heteroatoms. The van der Waals surface area contributed by atoms with Crippen LogP contribution in [0.2, 0.25) is 0 Å². The van der Waals surface area contributed by atoms with Gasteiger partial charge in [-0.1, -0.05) is 6.92 Å². The van der Waals surface area contributed by atoms with E-state index in [0.29, 0.717) is 30.3 Å². The maximum atomic E-state index is 12.8. The van der Waals surface area contributed by atoms with E-state index >= 15 is 0 Å². The Hall–Kier alpha value is -1.86. The van der Waals surface area contributed by atoms with E-state index in [9.17, 15) is 14.9 Å². The number of carbonyl (C=O) groups is 1. The molecule has 0 saturated carbocycles. The van der Waals surface area contributed by atoms with Crippen molar-refractivity contribution in [2.45, 2.75) is 38.6 Å². The lowest BCUT2D eigenvalue weighted by molar-refractivity contribution is -0.384. The van der Waals surface area contributed by atoms with Crippen LogP contribution in [0.15, 0.2) is 18.2 Å². The van der Waals surface area contributed by atoms with Gasteiger partial charge in [-0.05, 0) is 50.8 Å². The van der Waals surface area contributed by atoms with Crippen LogP contribution in [0, 0.1) is 16.0 Å². The number of hydrogen-bond acceptors (Lipinski definition) is 5. The second-order valence-electron chi connectivity index (χ2n) is 7.51. The van der Waals surface area contributed by atoms with Crippen LogP contribution in [-0.4, -0.2) is 55.0 Å². The molecule has 0 radical (unpaired) electrons. The molecule has 27 heavy (non-hydrogen) atoms. The maximum absolute atomic E-state index is 12.8. The molecular weight excluding hydrogens is 368 g/mol. The van der Waals surface area contributed by atoms with Crippen LogP contribution in [0.4, 0.5) is 11.4 Å². The molecule has 1 N–H and O–H groups in total. The molecule has 150 valence electrons. The van der Waals surface area contributed by atoms with Crippen LogP contribution < -0.4 is 10.2 Å². The molecular formula is C19H29ClN4O3. The number of anilines is 1. The highest BCUT2D eigenvalue weighted by atomic mass is 35.5. The Morgan fingerprint density at radius 3 is 2.56 bits per heavy atom. The molecule has 1 amide bonds. The lowest BCUT2D eigenvalue weighted by Gasteiger charge is -2.33. The van der Waals surface area contributed by atoms with Gasteiger partial charge in [0.1, 0.15) is 5.69 Å². The van der Waals surface area contributed by atoms with Crippen LogP contribution in [-0.2, 0) is 0 Å². The smallest absolute Gasteiger partial charge is 0.293 e. The second kappa shape index (κ2) is 9.37. The van der Waals surface area contributed by atoms with Gasteiger partial charge in [0.2, 0.25) is 0 Å². The predicted molar refractivity (Wildman–Crippen MR) is 109 cm³/mol. The predicted octanol–water partition coefficient (Wildman–Crippen LogP) is 3.08. The van der Waals surface area contributed by atoms with E-state index in [-0.39, 0.29) is 35.0 Å². The normalized spacial score (nSPS) is 20.9. The molecule has 2 aliphatic rings.